The van der Waals surface area contributed by atoms with Crippen LogP contribution in [0.25, 0.3) is 66.4 Å². The summed E-state index contributed by atoms with van der Waals surface area (Å²) < 4.78 is 200. The minimum Gasteiger partial charge on any atom is -0.310 e. The van der Waals surface area contributed by atoms with Gasteiger partial charge in [-0.3, -0.25) is 0 Å². The SMILES string of the molecule is [2H]c1c([2H])c([2H])c(N(c2ccccc2-c2ccc3ccccc3c2-c2ccc(-c3ccccc3)cc2)c2c([2H])c([2H])c([2H])c(-c3c([2H])c([2H])c4c(c3[2H])C(C([2H])([2H])[2H])(C([2H])([2H])[2H])c3c([2H])c([2H])c([2H])c([2H])c3-4)c2[2H])c([2H])c1[2H]. The third-order valence-electron chi connectivity index (χ3n) is 9.94. The first-order chi connectivity index (χ1) is 36.7. The van der Waals surface area contributed by atoms with Gasteiger partial charge in [-0.25, -0.2) is 0 Å². The number of nitrogens with zero attached hydrogens (tertiary/aromatic N) is 1. The van der Waals surface area contributed by atoms with Crippen molar-refractivity contribution >= 4 is 27.8 Å². The third kappa shape index (κ3) is 5.72. The molecule has 0 unspecified atom stereocenters. The Balaban J connectivity index is 1.33. The molecule has 1 heteroatoms. The Morgan fingerprint density at radius 2 is 1.11 bits per heavy atom. The number of rotatable bonds is 7. The topological polar surface area (TPSA) is 3.24 Å². The van der Waals surface area contributed by atoms with E-state index in [0.29, 0.717) is 16.7 Å². The normalized spacial score (nSPS) is 18.6. The number of hydrogen-bond acceptors (Lipinski definition) is 1. The minimum atomic E-state index is -3.79. The van der Waals surface area contributed by atoms with Crippen molar-refractivity contribution in [1.82, 2.24) is 0 Å². The summed E-state index contributed by atoms with van der Waals surface area (Å²) in [5, 5.41) is 1.61. The lowest BCUT2D eigenvalue weighted by Crippen LogP contribution is -2.14. The van der Waals surface area contributed by atoms with Gasteiger partial charge in [0.25, 0.3) is 0 Å². The fourth-order valence-corrected chi connectivity index (χ4v) is 7.35. The lowest BCUT2D eigenvalue weighted by atomic mass is 9.81. The zero-order chi connectivity index (χ0) is 56.6. The maximum absolute atomic E-state index is 10.1. The van der Waals surface area contributed by atoms with Gasteiger partial charge in [0.15, 0.2) is 0 Å². The van der Waals surface area contributed by atoms with E-state index in [9.17, 15) is 12.3 Å². The number of benzene rings is 9. The van der Waals surface area contributed by atoms with E-state index in [4.69, 9.17) is 17.8 Å². The highest BCUT2D eigenvalue weighted by atomic mass is 15.1. The molecule has 0 atom stereocenters. The lowest BCUT2D eigenvalue weighted by molar-refractivity contribution is 0.660. The van der Waals surface area contributed by atoms with Crippen molar-refractivity contribution in [1.29, 1.82) is 0 Å². The summed E-state index contributed by atoms with van der Waals surface area (Å²) in [4.78, 5) is 0.996. The molecule has 1 nitrogen and oxygen atoms in total. The van der Waals surface area contributed by atoms with Crippen LogP contribution >= 0.6 is 0 Å². The van der Waals surface area contributed by atoms with Gasteiger partial charge in [-0.05, 0) is 108 Å². The smallest absolute Gasteiger partial charge is 0.0651 e. The Labute approximate surface area is 360 Å². The molecule has 266 valence electrons. The average Bonchev–Trinajstić information content (AvgIpc) is 3.23. The Bertz CT molecular complexity index is 3970. The molecule has 1 aliphatic carbocycles. The van der Waals surface area contributed by atoms with Gasteiger partial charge in [0.1, 0.15) is 0 Å². The molecule has 0 fully saturated rings. The minimum absolute atomic E-state index is 0.0338. The maximum atomic E-state index is 10.1. The molecule has 0 N–H and O–H groups in total. The standard InChI is InChI=1S/C55H41N/c1-55(2)51-26-13-11-24-47(51)48-34-33-43(37-52(48)55)42-19-15-22-45(36-42)56(44-20-7-4-8-21-44)53-27-14-12-25-49(53)50-35-32-40-18-9-10-23-46(40)54(50)41-30-28-39(29-31-41)38-16-5-3-6-17-38/h3-37H,1-2H3/i1D3,2D3,4D,7D,8D,11D,13D,15D,19D,20D,21D,22D,24D,26D,33D,34D,36D,37D. The number of fused-ring (bicyclic) bond motifs is 4. The maximum Gasteiger partial charge on any atom is 0.0651 e. The van der Waals surface area contributed by atoms with Crippen molar-refractivity contribution in [2.75, 3.05) is 4.90 Å². The second kappa shape index (κ2) is 13.7. The van der Waals surface area contributed by atoms with Crippen LogP contribution in [0, 0.1) is 0 Å². The Kier molecular flexibility index (Phi) is 4.33. The van der Waals surface area contributed by atoms with Crippen LogP contribution in [0.1, 0.15) is 55.0 Å². The lowest BCUT2D eigenvalue weighted by Gasteiger charge is -2.29. The van der Waals surface area contributed by atoms with E-state index >= 15 is 0 Å². The summed E-state index contributed by atoms with van der Waals surface area (Å²) in [6, 6.07) is 19.7. The van der Waals surface area contributed by atoms with Crippen LogP contribution in [-0.4, -0.2) is 0 Å². The van der Waals surface area contributed by atoms with Gasteiger partial charge in [0.05, 0.1) is 27.6 Å². The van der Waals surface area contributed by atoms with Crippen LogP contribution in [0.15, 0.2) is 212 Å². The van der Waals surface area contributed by atoms with Gasteiger partial charge < -0.3 is 4.90 Å². The molecule has 0 aromatic heterocycles. The van der Waals surface area contributed by atoms with Gasteiger partial charge >= 0.3 is 0 Å². The van der Waals surface area contributed by atoms with Crippen molar-refractivity contribution < 1.29 is 30.2 Å². The molecular weight excluding hydrogens is 675 g/mol. The Morgan fingerprint density at radius 1 is 0.429 bits per heavy atom. The van der Waals surface area contributed by atoms with E-state index < -0.39 is 161 Å². The van der Waals surface area contributed by atoms with E-state index in [1.54, 1.807) is 18.2 Å². The van der Waals surface area contributed by atoms with E-state index in [0.717, 1.165) is 32.4 Å². The van der Waals surface area contributed by atoms with Crippen molar-refractivity contribution in [3.8, 4) is 55.6 Å². The fraction of sp³-hybridized carbons (Fsp3) is 0.0545. The molecule has 0 radical (unpaired) electrons. The number of anilines is 3. The summed E-state index contributed by atoms with van der Waals surface area (Å²) in [6.45, 7) is -7.59. The Morgan fingerprint density at radius 3 is 1.96 bits per heavy atom. The molecule has 56 heavy (non-hydrogen) atoms. The molecule has 0 saturated carbocycles. The van der Waals surface area contributed by atoms with Crippen molar-refractivity contribution in [3.05, 3.63) is 223 Å². The summed E-state index contributed by atoms with van der Waals surface area (Å²) >= 11 is 0. The largest absolute Gasteiger partial charge is 0.310 e. The molecule has 9 aromatic rings. The summed E-state index contributed by atoms with van der Waals surface area (Å²) in [7, 11) is 0. The van der Waals surface area contributed by atoms with Crippen molar-refractivity contribution in [2.45, 2.75) is 19.1 Å². The van der Waals surface area contributed by atoms with E-state index in [-0.39, 0.29) is 5.69 Å². The first-order valence-corrected chi connectivity index (χ1v) is 17.7. The highest BCUT2D eigenvalue weighted by molar-refractivity contribution is 6.06. The molecular formula is C55H41N. The molecule has 0 heterocycles. The first kappa shape index (κ1) is 17.7. The van der Waals surface area contributed by atoms with Gasteiger partial charge in [-0.2, -0.15) is 0 Å². The van der Waals surface area contributed by atoms with Crippen molar-refractivity contribution in [3.63, 3.8) is 0 Å². The summed E-state index contributed by atoms with van der Waals surface area (Å²) in [5.41, 5.74) is -6.19. The number of para-hydroxylation sites is 2. The van der Waals surface area contributed by atoms with Gasteiger partial charge in [-0.15, -0.1) is 0 Å². The number of hydrogen-bond donors (Lipinski definition) is 0. The van der Waals surface area contributed by atoms with Crippen molar-refractivity contribution in [2.24, 2.45) is 0 Å². The van der Waals surface area contributed by atoms with Gasteiger partial charge in [-0.1, -0.05) is 189 Å². The van der Waals surface area contributed by atoms with Gasteiger partial charge in [0.2, 0.25) is 0 Å². The van der Waals surface area contributed by atoms with Gasteiger partial charge in [0, 0.05) is 30.6 Å². The molecule has 0 amide bonds. The van der Waals surface area contributed by atoms with E-state index in [1.807, 2.05) is 91.0 Å². The molecule has 0 spiro atoms. The second-order valence-electron chi connectivity index (χ2n) is 13.2. The van der Waals surface area contributed by atoms with Crippen LogP contribution < -0.4 is 4.90 Å². The van der Waals surface area contributed by atoms with Crippen LogP contribution in [-0.2, 0) is 5.41 Å². The zero-order valence-corrected chi connectivity index (χ0v) is 29.4. The monoisotopic (exact) mass is 737 g/mol. The second-order valence-corrected chi connectivity index (χ2v) is 13.2. The molecule has 0 aliphatic heterocycles. The molecule has 9 aromatic carbocycles. The van der Waals surface area contributed by atoms with Crippen LogP contribution in [0.2, 0.25) is 0 Å². The molecule has 0 saturated heterocycles. The summed E-state index contributed by atoms with van der Waals surface area (Å²) in [6.07, 6.45) is 0. The highest BCUT2D eigenvalue weighted by Gasteiger charge is 2.35. The van der Waals surface area contributed by atoms with E-state index in [1.165, 1.54) is 6.07 Å². The predicted molar refractivity (Wildman–Crippen MR) is 238 cm³/mol. The third-order valence-corrected chi connectivity index (χ3v) is 9.94. The Hall–Kier alpha value is -6.96. The summed E-state index contributed by atoms with van der Waals surface area (Å²) in [5.74, 6) is 0. The molecule has 10 rings (SSSR count). The van der Waals surface area contributed by atoms with Crippen LogP contribution in [0.4, 0.5) is 17.1 Å². The molecule has 1 aliphatic rings. The molecule has 0 bridgehead atoms. The predicted octanol–water partition coefficient (Wildman–Crippen LogP) is 15.3. The zero-order valence-electron chi connectivity index (χ0n) is 51.4. The fourth-order valence-electron chi connectivity index (χ4n) is 7.35. The van der Waals surface area contributed by atoms with Crippen LogP contribution in [0.3, 0.4) is 0 Å². The average molecular weight is 738 g/mol. The first-order valence-electron chi connectivity index (χ1n) is 28.7. The van der Waals surface area contributed by atoms with E-state index in [2.05, 4.69) is 0 Å². The highest BCUT2D eigenvalue weighted by Crippen LogP contribution is 2.50. The quantitative estimate of drug-likeness (QED) is 0.157. The van der Waals surface area contributed by atoms with Crippen LogP contribution in [0.5, 0.6) is 0 Å².